The lowest BCUT2D eigenvalue weighted by atomic mass is 9.88. The minimum atomic E-state index is -2.84. The Morgan fingerprint density at radius 1 is 0.870 bits per heavy atom. The highest BCUT2D eigenvalue weighted by Crippen LogP contribution is 2.35. The summed E-state index contributed by atoms with van der Waals surface area (Å²) in [6, 6.07) is -2.96. The summed E-state index contributed by atoms with van der Waals surface area (Å²) in [6.07, 6.45) is -24.9. The van der Waals surface area contributed by atoms with Crippen molar-refractivity contribution in [3.63, 3.8) is 0 Å². The molecule has 3 aliphatic rings. The topological polar surface area (TPSA) is 344 Å². The molecule has 0 aliphatic carbocycles. The SMILES string of the molecule is CC(=O)NC1C(O)OC(CO)C(OC2OC(COC3(C(=O)O)CC(O)C(NC(C)=O)C([C@H](O)[C@H](O)CO)O3)C(O)C(O)C2O)C1O. The second-order valence-electron chi connectivity index (χ2n) is 11.3. The highest BCUT2D eigenvalue weighted by atomic mass is 16.8. The Balaban J connectivity index is 1.83. The van der Waals surface area contributed by atoms with E-state index in [-0.39, 0.29) is 0 Å². The fraction of sp³-hybridized carbons (Fsp3) is 0.880. The maximum Gasteiger partial charge on any atom is 0.364 e. The minimum absolute atomic E-state index is 0.677. The van der Waals surface area contributed by atoms with E-state index in [1.165, 1.54) is 0 Å². The first-order chi connectivity index (χ1) is 21.5. The van der Waals surface area contributed by atoms with E-state index in [2.05, 4.69) is 10.6 Å². The van der Waals surface area contributed by atoms with E-state index >= 15 is 0 Å². The van der Waals surface area contributed by atoms with E-state index in [4.69, 9.17) is 23.7 Å². The average Bonchev–Trinajstić information content (AvgIpc) is 2.99. The molecule has 2 amide bonds. The van der Waals surface area contributed by atoms with Gasteiger partial charge in [0, 0.05) is 20.3 Å². The van der Waals surface area contributed by atoms with Crippen molar-refractivity contribution in [3.8, 4) is 0 Å². The predicted octanol–water partition coefficient (Wildman–Crippen LogP) is -8.08. The number of carboxylic acids is 1. The number of carbonyl (C=O) groups is 3. The Kier molecular flexibility index (Phi) is 13.1. The lowest BCUT2D eigenvalue weighted by Gasteiger charge is -2.48. The van der Waals surface area contributed by atoms with Gasteiger partial charge >= 0.3 is 5.97 Å². The molecule has 0 saturated carbocycles. The average molecular weight is 675 g/mol. The van der Waals surface area contributed by atoms with Gasteiger partial charge in [0.05, 0.1) is 32.0 Å². The van der Waals surface area contributed by atoms with Crippen LogP contribution in [0.5, 0.6) is 0 Å². The number of hydrogen-bond acceptors (Lipinski definition) is 18. The third-order valence-corrected chi connectivity index (χ3v) is 7.87. The first-order valence-electron chi connectivity index (χ1n) is 14.2. The van der Waals surface area contributed by atoms with Gasteiger partial charge in [-0.05, 0) is 0 Å². The summed E-state index contributed by atoms with van der Waals surface area (Å²) in [5, 5.41) is 117. The fourth-order valence-electron chi connectivity index (χ4n) is 5.46. The summed E-state index contributed by atoms with van der Waals surface area (Å²) in [4.78, 5) is 35.7. The zero-order valence-corrected chi connectivity index (χ0v) is 24.7. The molecular formula is C25H42N2O19. The second kappa shape index (κ2) is 15.8. The number of carboxylic acid groups (broad SMARTS) is 1. The number of amides is 2. The molecule has 3 heterocycles. The van der Waals surface area contributed by atoms with Crippen LogP contribution in [0.2, 0.25) is 0 Å². The molecule has 3 fully saturated rings. The van der Waals surface area contributed by atoms with Gasteiger partial charge in [0.15, 0.2) is 12.6 Å². The predicted molar refractivity (Wildman–Crippen MR) is 142 cm³/mol. The van der Waals surface area contributed by atoms with Gasteiger partial charge in [-0.3, -0.25) is 9.59 Å². The molecule has 0 spiro atoms. The normalized spacial score (nSPS) is 42.9. The Morgan fingerprint density at radius 3 is 2.02 bits per heavy atom. The molecule has 14 unspecified atom stereocenters. The first kappa shape index (κ1) is 38.3. The van der Waals surface area contributed by atoms with Gasteiger partial charge in [0.2, 0.25) is 11.8 Å². The number of aliphatic hydroxyl groups excluding tert-OH is 10. The van der Waals surface area contributed by atoms with Crippen LogP contribution in [0.15, 0.2) is 0 Å². The highest BCUT2D eigenvalue weighted by Gasteiger charge is 2.57. The van der Waals surface area contributed by atoms with Crippen molar-refractivity contribution in [2.45, 2.75) is 118 Å². The van der Waals surface area contributed by atoms with E-state index in [0.29, 0.717) is 0 Å². The van der Waals surface area contributed by atoms with Crippen molar-refractivity contribution in [3.05, 3.63) is 0 Å². The molecule has 21 heteroatoms. The number of aliphatic carboxylic acids is 1. The Morgan fingerprint density at radius 2 is 1.48 bits per heavy atom. The van der Waals surface area contributed by atoms with Gasteiger partial charge in [0.1, 0.15) is 67.1 Å². The first-order valence-corrected chi connectivity index (χ1v) is 14.2. The van der Waals surface area contributed by atoms with E-state index in [1.54, 1.807) is 0 Å². The second-order valence-corrected chi connectivity index (χ2v) is 11.3. The smallest absolute Gasteiger partial charge is 0.364 e. The molecule has 3 saturated heterocycles. The zero-order valence-electron chi connectivity index (χ0n) is 24.7. The van der Waals surface area contributed by atoms with Gasteiger partial charge < -0.3 is 90.5 Å². The number of aliphatic hydroxyl groups is 10. The van der Waals surface area contributed by atoms with E-state index in [0.717, 1.165) is 13.8 Å². The largest absolute Gasteiger partial charge is 0.477 e. The summed E-state index contributed by atoms with van der Waals surface area (Å²) in [5.41, 5.74) is 0. The van der Waals surface area contributed by atoms with Crippen LogP contribution < -0.4 is 10.6 Å². The number of ether oxygens (including phenoxy) is 5. The molecular weight excluding hydrogens is 632 g/mol. The van der Waals surface area contributed by atoms with Gasteiger partial charge in [0.25, 0.3) is 5.79 Å². The number of hydrogen-bond donors (Lipinski definition) is 13. The van der Waals surface area contributed by atoms with Crippen molar-refractivity contribution >= 4 is 17.8 Å². The molecule has 266 valence electrons. The summed E-state index contributed by atoms with van der Waals surface area (Å²) < 4.78 is 27.2. The van der Waals surface area contributed by atoms with Crippen LogP contribution in [0.3, 0.4) is 0 Å². The Labute approximate surface area is 260 Å². The van der Waals surface area contributed by atoms with Gasteiger partial charge in [-0.1, -0.05) is 0 Å². The van der Waals surface area contributed by atoms with Crippen LogP contribution in [-0.2, 0) is 38.1 Å². The molecule has 0 aromatic carbocycles. The molecule has 3 rings (SSSR count). The zero-order chi connectivity index (χ0) is 34.7. The molecule has 0 aromatic heterocycles. The number of carbonyl (C=O) groups excluding carboxylic acids is 2. The fourth-order valence-corrected chi connectivity index (χ4v) is 5.46. The summed E-state index contributed by atoms with van der Waals surface area (Å²) in [5.74, 6) is -6.12. The highest BCUT2D eigenvalue weighted by molar-refractivity contribution is 5.76. The monoisotopic (exact) mass is 674 g/mol. The van der Waals surface area contributed by atoms with Gasteiger partial charge in [-0.25, -0.2) is 4.79 Å². The third kappa shape index (κ3) is 8.26. The van der Waals surface area contributed by atoms with Crippen molar-refractivity contribution in [1.82, 2.24) is 10.6 Å². The third-order valence-electron chi connectivity index (χ3n) is 7.87. The summed E-state index contributed by atoms with van der Waals surface area (Å²) in [7, 11) is 0. The summed E-state index contributed by atoms with van der Waals surface area (Å²) >= 11 is 0. The van der Waals surface area contributed by atoms with Crippen LogP contribution in [0.1, 0.15) is 20.3 Å². The molecule has 0 aromatic rings. The van der Waals surface area contributed by atoms with Crippen LogP contribution in [0.4, 0.5) is 0 Å². The molecule has 13 N–H and O–H groups in total. The van der Waals surface area contributed by atoms with Crippen molar-refractivity contribution in [2.24, 2.45) is 0 Å². The van der Waals surface area contributed by atoms with Crippen LogP contribution in [0, 0.1) is 0 Å². The Hall–Kier alpha value is -2.19. The van der Waals surface area contributed by atoms with Crippen molar-refractivity contribution < 1.29 is 94.2 Å². The van der Waals surface area contributed by atoms with Crippen LogP contribution in [0.25, 0.3) is 0 Å². The number of nitrogens with one attached hydrogen (secondary N) is 2. The van der Waals surface area contributed by atoms with Crippen LogP contribution in [-0.4, -0.2) is 191 Å². The molecule has 16 atom stereocenters. The molecule has 3 aliphatic heterocycles. The van der Waals surface area contributed by atoms with E-state index in [9.17, 15) is 70.6 Å². The van der Waals surface area contributed by atoms with Crippen molar-refractivity contribution in [1.29, 1.82) is 0 Å². The molecule has 0 radical (unpaired) electrons. The van der Waals surface area contributed by atoms with E-state index in [1.807, 2.05) is 0 Å². The lowest BCUT2D eigenvalue weighted by molar-refractivity contribution is -0.358. The maximum absolute atomic E-state index is 12.4. The standard InChI is InChI=1S/C25H42N2O19/c1-7(30)26-13-9(32)3-25(24(40)41,46-21(13)15(34)10(33)4-28)42-6-12-16(35)18(37)19(38)23(44-12)45-20-11(5-29)43-22(39)14(17(20)36)27-8(2)31/h9-23,28-29,32-39H,3-6H2,1-2H3,(H,26,30)(H,27,31)(H,40,41)/t9?,10-,11?,12?,13?,14?,15-,16?,17?,18?,19?,20?,21?,22?,23?,25?/m1/s1. The van der Waals surface area contributed by atoms with E-state index < -0.39 is 142 Å². The van der Waals surface area contributed by atoms with Crippen LogP contribution >= 0.6 is 0 Å². The molecule has 21 nitrogen and oxygen atoms in total. The van der Waals surface area contributed by atoms with Crippen molar-refractivity contribution in [2.75, 3.05) is 19.8 Å². The quantitative estimate of drug-likeness (QED) is 0.0913. The minimum Gasteiger partial charge on any atom is -0.477 e. The van der Waals surface area contributed by atoms with Gasteiger partial charge in [-0.2, -0.15) is 0 Å². The Bertz CT molecular complexity index is 1050. The number of rotatable bonds is 12. The maximum atomic E-state index is 12.4. The lowest BCUT2D eigenvalue weighted by Crippen LogP contribution is -2.69. The molecule has 0 bridgehead atoms. The summed E-state index contributed by atoms with van der Waals surface area (Å²) in [6.45, 7) is -0.695. The van der Waals surface area contributed by atoms with Gasteiger partial charge in [-0.15, -0.1) is 0 Å². The molecule has 46 heavy (non-hydrogen) atoms.